The Balaban J connectivity index is 2.70. The smallest absolute Gasteiger partial charge is 0.138 e. The van der Waals surface area contributed by atoms with Gasteiger partial charge in [0.2, 0.25) is 0 Å². The van der Waals surface area contributed by atoms with Crippen LogP contribution in [-0.2, 0) is 0 Å². The molecule has 0 fully saturated rings. The summed E-state index contributed by atoms with van der Waals surface area (Å²) in [7, 11) is 0. The molecule has 0 aliphatic rings. The number of hydrogen-bond donors (Lipinski definition) is 0. The monoisotopic (exact) mass is 310 g/mol. The van der Waals surface area contributed by atoms with E-state index in [-0.39, 0.29) is 0 Å². The Labute approximate surface area is 97.6 Å². The second kappa shape index (κ2) is 5.05. The molecule has 1 nitrogen and oxygen atoms in total. The zero-order valence-corrected chi connectivity index (χ0v) is 10.6. The van der Waals surface area contributed by atoms with Crippen molar-refractivity contribution in [1.82, 2.24) is 0 Å². The van der Waals surface area contributed by atoms with E-state index >= 15 is 0 Å². The first-order valence-corrected chi connectivity index (χ1v) is 5.63. The number of hydrogen-bond acceptors (Lipinski definition) is 1. The van der Waals surface area contributed by atoms with E-state index in [0.717, 1.165) is 9.32 Å². The van der Waals surface area contributed by atoms with Crippen molar-refractivity contribution >= 4 is 34.2 Å². The normalized spacial score (nSPS) is 10.5. The zero-order chi connectivity index (χ0) is 9.84. The lowest BCUT2D eigenvalue weighted by Crippen LogP contribution is -2.04. The Morgan fingerprint density at radius 2 is 2.15 bits per heavy atom. The van der Waals surface area contributed by atoms with Gasteiger partial charge in [0.15, 0.2) is 0 Å². The first-order valence-electron chi connectivity index (χ1n) is 4.17. The Bertz CT molecular complexity index is 286. The molecule has 0 N–H and O–H groups in total. The molecule has 0 amide bonds. The third kappa shape index (κ3) is 3.73. The molecule has 3 heteroatoms. The van der Waals surface area contributed by atoms with Crippen LogP contribution in [0.5, 0.6) is 5.75 Å². The van der Waals surface area contributed by atoms with Gasteiger partial charge in [-0.05, 0) is 46.7 Å². The summed E-state index contributed by atoms with van der Waals surface area (Å²) in [5.74, 6) is 1.30. The van der Waals surface area contributed by atoms with Gasteiger partial charge in [-0.15, -0.1) is 0 Å². The zero-order valence-electron chi connectivity index (χ0n) is 7.68. The number of halogens is 2. The molecule has 0 heterocycles. The maximum atomic E-state index is 5.95. The van der Waals surface area contributed by atoms with Crippen molar-refractivity contribution < 1.29 is 4.74 Å². The van der Waals surface area contributed by atoms with Crippen LogP contribution < -0.4 is 4.74 Å². The van der Waals surface area contributed by atoms with Gasteiger partial charge in [-0.2, -0.15) is 0 Å². The summed E-state index contributed by atoms with van der Waals surface area (Å²) in [6.07, 6.45) is 0. The van der Waals surface area contributed by atoms with Crippen LogP contribution in [0.2, 0.25) is 5.02 Å². The summed E-state index contributed by atoms with van der Waals surface area (Å²) >= 11 is 8.19. The topological polar surface area (TPSA) is 9.23 Å². The number of benzene rings is 1. The average molecular weight is 311 g/mol. The highest BCUT2D eigenvalue weighted by molar-refractivity contribution is 14.1. The van der Waals surface area contributed by atoms with Gasteiger partial charge in [0.25, 0.3) is 0 Å². The van der Waals surface area contributed by atoms with Crippen molar-refractivity contribution in [2.75, 3.05) is 6.61 Å². The van der Waals surface area contributed by atoms with E-state index in [0.29, 0.717) is 17.5 Å². The predicted molar refractivity (Wildman–Crippen MR) is 64.5 cm³/mol. The maximum absolute atomic E-state index is 5.95. The van der Waals surface area contributed by atoms with E-state index in [1.807, 2.05) is 18.2 Å². The quantitative estimate of drug-likeness (QED) is 0.767. The summed E-state index contributed by atoms with van der Waals surface area (Å²) in [5.41, 5.74) is 0. The van der Waals surface area contributed by atoms with Gasteiger partial charge in [0.05, 0.1) is 11.6 Å². The lowest BCUT2D eigenvalue weighted by molar-refractivity contribution is 0.271. The fourth-order valence-corrected chi connectivity index (χ4v) is 1.48. The molecule has 0 atom stereocenters. The van der Waals surface area contributed by atoms with Crippen LogP contribution in [0.3, 0.4) is 0 Å². The molecule has 0 aliphatic heterocycles. The van der Waals surface area contributed by atoms with E-state index in [1.54, 1.807) is 0 Å². The van der Waals surface area contributed by atoms with Gasteiger partial charge >= 0.3 is 0 Å². The molecule has 1 aromatic rings. The van der Waals surface area contributed by atoms with Crippen molar-refractivity contribution in [1.29, 1.82) is 0 Å². The highest BCUT2D eigenvalue weighted by Crippen LogP contribution is 2.26. The molecule has 72 valence electrons. The standard InChI is InChI=1S/C10H12ClIO/c1-7(2)6-13-10-5-8(12)3-4-9(10)11/h3-5,7H,6H2,1-2H3. The van der Waals surface area contributed by atoms with Crippen LogP contribution in [-0.4, -0.2) is 6.61 Å². The van der Waals surface area contributed by atoms with Crippen LogP contribution in [0.4, 0.5) is 0 Å². The van der Waals surface area contributed by atoms with Gasteiger partial charge in [-0.1, -0.05) is 25.4 Å². The Hall–Kier alpha value is 0.0400. The lowest BCUT2D eigenvalue weighted by Gasteiger charge is -2.10. The molecule has 1 rings (SSSR count). The van der Waals surface area contributed by atoms with Gasteiger partial charge in [-0.25, -0.2) is 0 Å². The summed E-state index contributed by atoms with van der Waals surface area (Å²) in [6.45, 7) is 4.93. The van der Waals surface area contributed by atoms with E-state index in [9.17, 15) is 0 Å². The van der Waals surface area contributed by atoms with Crippen LogP contribution in [0.1, 0.15) is 13.8 Å². The van der Waals surface area contributed by atoms with Gasteiger partial charge in [-0.3, -0.25) is 0 Å². The van der Waals surface area contributed by atoms with Crippen molar-refractivity contribution in [2.24, 2.45) is 5.92 Å². The fourth-order valence-electron chi connectivity index (χ4n) is 0.844. The summed E-state index contributed by atoms with van der Waals surface area (Å²) in [6, 6.07) is 5.77. The summed E-state index contributed by atoms with van der Waals surface area (Å²) < 4.78 is 6.68. The first kappa shape index (κ1) is 11.1. The third-order valence-corrected chi connectivity index (χ3v) is 2.45. The Morgan fingerprint density at radius 3 is 2.77 bits per heavy atom. The summed E-state index contributed by atoms with van der Waals surface area (Å²) in [5, 5.41) is 0.682. The highest BCUT2D eigenvalue weighted by Gasteiger charge is 2.02. The molecule has 0 bridgehead atoms. The molecular weight excluding hydrogens is 298 g/mol. The molecule has 1 aromatic carbocycles. The fraction of sp³-hybridized carbons (Fsp3) is 0.400. The molecule has 0 spiro atoms. The van der Waals surface area contributed by atoms with Crippen molar-refractivity contribution in [2.45, 2.75) is 13.8 Å². The Morgan fingerprint density at radius 1 is 1.46 bits per heavy atom. The van der Waals surface area contributed by atoms with Gasteiger partial charge in [0.1, 0.15) is 5.75 Å². The number of rotatable bonds is 3. The van der Waals surface area contributed by atoms with Crippen molar-refractivity contribution in [3.8, 4) is 5.75 Å². The summed E-state index contributed by atoms with van der Waals surface area (Å²) in [4.78, 5) is 0. The SMILES string of the molecule is CC(C)COc1cc(I)ccc1Cl. The molecule has 0 aromatic heterocycles. The molecule has 13 heavy (non-hydrogen) atoms. The van der Waals surface area contributed by atoms with Crippen LogP contribution in [0.15, 0.2) is 18.2 Å². The minimum Gasteiger partial charge on any atom is -0.492 e. The van der Waals surface area contributed by atoms with E-state index in [2.05, 4.69) is 36.4 Å². The second-order valence-corrected chi connectivity index (χ2v) is 4.93. The molecule has 0 saturated carbocycles. The molecule has 0 unspecified atom stereocenters. The average Bonchev–Trinajstić information content (AvgIpc) is 2.06. The van der Waals surface area contributed by atoms with Crippen molar-refractivity contribution in [3.63, 3.8) is 0 Å². The van der Waals surface area contributed by atoms with Crippen LogP contribution in [0.25, 0.3) is 0 Å². The lowest BCUT2D eigenvalue weighted by atomic mass is 10.2. The minimum atomic E-state index is 0.522. The van der Waals surface area contributed by atoms with E-state index < -0.39 is 0 Å². The molecule has 0 radical (unpaired) electrons. The predicted octanol–water partition coefficient (Wildman–Crippen LogP) is 3.98. The Kier molecular flexibility index (Phi) is 4.32. The first-order chi connectivity index (χ1) is 6.09. The molecule has 0 aliphatic carbocycles. The third-order valence-electron chi connectivity index (χ3n) is 1.47. The highest BCUT2D eigenvalue weighted by atomic mass is 127. The van der Waals surface area contributed by atoms with Crippen molar-refractivity contribution in [3.05, 3.63) is 26.8 Å². The number of ether oxygens (including phenoxy) is 1. The maximum Gasteiger partial charge on any atom is 0.138 e. The molecular formula is C10H12ClIO. The van der Waals surface area contributed by atoms with Crippen LogP contribution in [0, 0.1) is 9.49 Å². The molecule has 0 saturated heterocycles. The van der Waals surface area contributed by atoms with Gasteiger partial charge in [0, 0.05) is 3.57 Å². The minimum absolute atomic E-state index is 0.522. The van der Waals surface area contributed by atoms with Crippen LogP contribution >= 0.6 is 34.2 Å². The largest absolute Gasteiger partial charge is 0.492 e. The van der Waals surface area contributed by atoms with Gasteiger partial charge < -0.3 is 4.74 Å². The van der Waals surface area contributed by atoms with E-state index in [1.165, 1.54) is 0 Å². The van der Waals surface area contributed by atoms with E-state index in [4.69, 9.17) is 16.3 Å². The second-order valence-electron chi connectivity index (χ2n) is 3.28.